The zero-order valence-electron chi connectivity index (χ0n) is 20.9. The molecule has 0 aliphatic rings. The number of benzene rings is 2. The maximum absolute atomic E-state index is 6.33. The first kappa shape index (κ1) is 22.3. The fourth-order valence-electron chi connectivity index (χ4n) is 4.90. The molecule has 0 saturated carbocycles. The van der Waals surface area contributed by atoms with Crippen molar-refractivity contribution in [2.75, 3.05) is 0 Å². The average molecular weight is 449 g/mol. The van der Waals surface area contributed by atoms with Crippen molar-refractivity contribution < 1.29 is 4.42 Å². The van der Waals surface area contributed by atoms with Crippen molar-refractivity contribution in [3.05, 3.63) is 94.9 Å². The van der Waals surface area contributed by atoms with Crippen LogP contribution in [0.15, 0.2) is 71.3 Å². The second-order valence-corrected chi connectivity index (χ2v) is 10.4. The van der Waals surface area contributed by atoms with E-state index in [1.807, 2.05) is 19.2 Å². The summed E-state index contributed by atoms with van der Waals surface area (Å²) in [6.45, 7) is 13.2. The average Bonchev–Trinajstić information content (AvgIpc) is 3.17. The summed E-state index contributed by atoms with van der Waals surface area (Å²) in [7, 11) is 0. The second kappa shape index (κ2) is 8.39. The minimum atomic E-state index is -0.273. The summed E-state index contributed by atoms with van der Waals surface area (Å²) in [5.41, 5.74) is 9.45. The number of fused-ring (bicyclic) bond motifs is 3. The summed E-state index contributed by atoms with van der Waals surface area (Å²) in [6, 6.07) is 21.3. The second-order valence-electron chi connectivity index (χ2n) is 10.4. The summed E-state index contributed by atoms with van der Waals surface area (Å²) in [6.07, 6.45) is 3.05. The Labute approximate surface area is 201 Å². The van der Waals surface area contributed by atoms with Gasteiger partial charge in [-0.3, -0.25) is 9.97 Å². The molecule has 0 N–H and O–H groups in total. The van der Waals surface area contributed by atoms with Gasteiger partial charge in [-0.25, -0.2) is 0 Å². The minimum Gasteiger partial charge on any atom is -0.456 e. The van der Waals surface area contributed by atoms with E-state index in [1.54, 1.807) is 0 Å². The Morgan fingerprint density at radius 3 is 2.41 bits per heavy atom. The van der Waals surface area contributed by atoms with Gasteiger partial charge in [0, 0.05) is 34.3 Å². The van der Waals surface area contributed by atoms with Crippen LogP contribution >= 0.6 is 0 Å². The Morgan fingerprint density at radius 1 is 0.912 bits per heavy atom. The van der Waals surface area contributed by atoms with Gasteiger partial charge in [0.15, 0.2) is 0 Å². The van der Waals surface area contributed by atoms with Crippen LogP contribution in [0, 0.1) is 19.8 Å². The van der Waals surface area contributed by atoms with E-state index in [4.69, 9.17) is 14.4 Å². The molecule has 3 heteroatoms. The number of hydrogen-bond acceptors (Lipinski definition) is 3. The van der Waals surface area contributed by atoms with Gasteiger partial charge in [0.1, 0.15) is 11.2 Å². The summed E-state index contributed by atoms with van der Waals surface area (Å²) in [5.74, 6) is 0.603. The van der Waals surface area contributed by atoms with Crippen LogP contribution in [0.25, 0.3) is 33.2 Å². The first-order chi connectivity index (χ1) is 16.2. The van der Waals surface area contributed by atoms with Crippen LogP contribution in [0.3, 0.4) is 0 Å². The first-order valence-electron chi connectivity index (χ1n) is 12.1. The molecular weight excluding hydrogens is 416 g/mol. The molecule has 34 heavy (non-hydrogen) atoms. The lowest BCUT2D eigenvalue weighted by Gasteiger charge is -2.26. The fraction of sp³-hybridized carbons (Fsp3) is 0.290. The molecule has 0 unspecified atom stereocenters. The van der Waals surface area contributed by atoms with Gasteiger partial charge in [0.25, 0.3) is 0 Å². The lowest BCUT2D eigenvalue weighted by molar-refractivity contribution is 0.618. The van der Waals surface area contributed by atoms with E-state index >= 15 is 0 Å². The van der Waals surface area contributed by atoms with Crippen LogP contribution in [0.2, 0.25) is 0 Å². The smallest absolute Gasteiger partial charge is 0.139 e. The molecule has 2 aromatic carbocycles. The SMILES string of the molecule is Cc1cc2oc3ccc(-c4cc(CC(C)C)c(C)cn4)cc3c2c(C(C)(C)c2ccccc2)n1. The van der Waals surface area contributed by atoms with Gasteiger partial charge in [0.05, 0.1) is 16.8 Å². The molecule has 3 nitrogen and oxygen atoms in total. The van der Waals surface area contributed by atoms with Crippen molar-refractivity contribution in [2.24, 2.45) is 5.92 Å². The quantitative estimate of drug-likeness (QED) is 0.272. The first-order valence-corrected chi connectivity index (χ1v) is 12.1. The third-order valence-electron chi connectivity index (χ3n) is 6.81. The molecule has 0 fully saturated rings. The minimum absolute atomic E-state index is 0.273. The highest BCUT2D eigenvalue weighted by Gasteiger charge is 2.29. The molecule has 3 aromatic heterocycles. The van der Waals surface area contributed by atoms with E-state index in [9.17, 15) is 0 Å². The highest BCUT2D eigenvalue weighted by molar-refractivity contribution is 6.08. The maximum atomic E-state index is 6.33. The highest BCUT2D eigenvalue weighted by atomic mass is 16.3. The number of nitrogens with zero attached hydrogens (tertiary/aromatic N) is 2. The molecule has 0 bridgehead atoms. The molecule has 0 saturated heterocycles. The summed E-state index contributed by atoms with van der Waals surface area (Å²) < 4.78 is 6.33. The zero-order valence-corrected chi connectivity index (χ0v) is 20.9. The van der Waals surface area contributed by atoms with E-state index in [1.165, 1.54) is 16.7 Å². The van der Waals surface area contributed by atoms with Crippen LogP contribution in [-0.4, -0.2) is 9.97 Å². The van der Waals surface area contributed by atoms with Gasteiger partial charge >= 0.3 is 0 Å². The Hall–Kier alpha value is -3.46. The topological polar surface area (TPSA) is 38.9 Å². The van der Waals surface area contributed by atoms with Gasteiger partial charge < -0.3 is 4.42 Å². The van der Waals surface area contributed by atoms with Gasteiger partial charge in [0.2, 0.25) is 0 Å². The molecule has 3 heterocycles. The maximum Gasteiger partial charge on any atom is 0.139 e. The molecule has 0 aliphatic carbocycles. The summed E-state index contributed by atoms with van der Waals surface area (Å²) >= 11 is 0. The van der Waals surface area contributed by atoms with Crippen molar-refractivity contribution in [1.82, 2.24) is 9.97 Å². The van der Waals surface area contributed by atoms with E-state index in [-0.39, 0.29) is 5.41 Å². The van der Waals surface area contributed by atoms with E-state index < -0.39 is 0 Å². The largest absolute Gasteiger partial charge is 0.456 e. The Balaban J connectivity index is 1.73. The Kier molecular flexibility index (Phi) is 5.51. The van der Waals surface area contributed by atoms with E-state index in [0.29, 0.717) is 5.92 Å². The van der Waals surface area contributed by atoms with Crippen molar-refractivity contribution >= 4 is 21.9 Å². The molecule has 5 aromatic rings. The lowest BCUT2D eigenvalue weighted by Crippen LogP contribution is -2.21. The predicted octanol–water partition coefficient (Wildman–Crippen LogP) is 8.18. The number of rotatable bonds is 5. The van der Waals surface area contributed by atoms with Crippen LogP contribution in [0.5, 0.6) is 0 Å². The van der Waals surface area contributed by atoms with Crippen LogP contribution < -0.4 is 0 Å². The van der Waals surface area contributed by atoms with Crippen molar-refractivity contribution in [2.45, 2.75) is 53.4 Å². The molecule has 0 radical (unpaired) electrons. The molecular formula is C31H32N2O. The summed E-state index contributed by atoms with van der Waals surface area (Å²) in [5, 5.41) is 2.18. The molecule has 0 atom stereocenters. The Bertz CT molecular complexity index is 1490. The Morgan fingerprint density at radius 2 is 1.68 bits per heavy atom. The number of aryl methyl sites for hydroxylation is 2. The van der Waals surface area contributed by atoms with Crippen molar-refractivity contribution in [3.8, 4) is 11.3 Å². The highest BCUT2D eigenvalue weighted by Crippen LogP contribution is 2.40. The zero-order chi connectivity index (χ0) is 24.0. The number of hydrogen-bond donors (Lipinski definition) is 0. The van der Waals surface area contributed by atoms with Crippen molar-refractivity contribution in [1.29, 1.82) is 0 Å². The standard InChI is InChI=1S/C31H32N2O/c1-19(2)14-23-17-26(32-18-20(23)3)22-12-13-27-25(16-22)29-28(34-27)15-21(4)33-30(29)31(5,6)24-10-8-7-9-11-24/h7-13,15-19H,14H2,1-6H3. The molecule has 0 spiro atoms. The monoisotopic (exact) mass is 448 g/mol. The third-order valence-corrected chi connectivity index (χ3v) is 6.81. The van der Waals surface area contributed by atoms with Gasteiger partial charge in [-0.05, 0) is 67.1 Å². The molecule has 0 aliphatic heterocycles. The van der Waals surface area contributed by atoms with Gasteiger partial charge in [-0.2, -0.15) is 0 Å². The normalized spacial score (nSPS) is 12.2. The van der Waals surface area contributed by atoms with Gasteiger partial charge in [-0.1, -0.05) is 58.0 Å². The van der Waals surface area contributed by atoms with Crippen LogP contribution in [0.1, 0.15) is 55.8 Å². The summed E-state index contributed by atoms with van der Waals surface area (Å²) in [4.78, 5) is 9.83. The molecule has 5 rings (SSSR count). The van der Waals surface area contributed by atoms with Gasteiger partial charge in [-0.15, -0.1) is 0 Å². The predicted molar refractivity (Wildman–Crippen MR) is 141 cm³/mol. The van der Waals surface area contributed by atoms with E-state index in [0.717, 1.165) is 51.0 Å². The van der Waals surface area contributed by atoms with Crippen LogP contribution in [0.4, 0.5) is 0 Å². The molecule has 0 amide bonds. The van der Waals surface area contributed by atoms with E-state index in [2.05, 4.69) is 89.2 Å². The third kappa shape index (κ3) is 3.90. The molecule has 172 valence electrons. The number of furan rings is 1. The fourth-order valence-corrected chi connectivity index (χ4v) is 4.90. The number of pyridine rings is 2. The van der Waals surface area contributed by atoms with Crippen LogP contribution in [-0.2, 0) is 11.8 Å². The number of aromatic nitrogens is 2. The van der Waals surface area contributed by atoms with Crippen molar-refractivity contribution in [3.63, 3.8) is 0 Å². The lowest BCUT2D eigenvalue weighted by atomic mass is 9.79.